The summed E-state index contributed by atoms with van der Waals surface area (Å²) in [5.74, 6) is 5.79. The zero-order valence-electron chi connectivity index (χ0n) is 18.9. The molecule has 0 aliphatic carbocycles. The number of aliphatic hydroxyl groups is 1. The highest BCUT2D eigenvalue weighted by atomic mass is 16.5. The van der Waals surface area contributed by atoms with E-state index >= 15 is 0 Å². The predicted octanol–water partition coefficient (Wildman–Crippen LogP) is 4.20. The number of carbonyl (C=O) groups excluding carboxylic acids is 1. The molecule has 3 rings (SSSR count). The lowest BCUT2D eigenvalue weighted by Gasteiger charge is -2.40. The summed E-state index contributed by atoms with van der Waals surface area (Å²) in [5, 5.41) is 9.74. The van der Waals surface area contributed by atoms with Gasteiger partial charge in [0.25, 0.3) is 0 Å². The van der Waals surface area contributed by atoms with E-state index in [9.17, 15) is 9.90 Å². The molecular formula is C27H33NO3. The van der Waals surface area contributed by atoms with Gasteiger partial charge in [0.15, 0.2) is 0 Å². The molecule has 2 aromatic carbocycles. The Kier molecular flexibility index (Phi) is 7.54. The molecule has 31 heavy (non-hydrogen) atoms. The average molecular weight is 420 g/mol. The Morgan fingerprint density at radius 1 is 1.06 bits per heavy atom. The fourth-order valence-electron chi connectivity index (χ4n) is 4.04. The van der Waals surface area contributed by atoms with Crippen LogP contribution < -0.4 is 0 Å². The van der Waals surface area contributed by atoms with Crippen LogP contribution >= 0.6 is 0 Å². The molecule has 1 saturated heterocycles. The van der Waals surface area contributed by atoms with Gasteiger partial charge >= 0.3 is 5.97 Å². The van der Waals surface area contributed by atoms with Crippen molar-refractivity contribution < 1.29 is 14.6 Å². The Balaban J connectivity index is 1.63. The van der Waals surface area contributed by atoms with E-state index in [0.29, 0.717) is 6.61 Å². The van der Waals surface area contributed by atoms with Gasteiger partial charge in [0.1, 0.15) is 5.60 Å². The Hall–Kier alpha value is -2.61. The molecule has 164 valence electrons. The average Bonchev–Trinajstić information content (AvgIpc) is 2.75. The molecule has 1 heterocycles. The normalized spacial score (nSPS) is 16.3. The van der Waals surface area contributed by atoms with Gasteiger partial charge in [0.2, 0.25) is 0 Å². The molecule has 1 aliphatic heterocycles. The van der Waals surface area contributed by atoms with Crippen molar-refractivity contribution in [2.75, 3.05) is 19.7 Å². The van der Waals surface area contributed by atoms with Crippen LogP contribution in [0.2, 0.25) is 0 Å². The number of nitrogens with zero attached hydrogens (tertiary/aromatic N) is 1. The Morgan fingerprint density at radius 2 is 1.71 bits per heavy atom. The molecule has 1 fully saturated rings. The first-order chi connectivity index (χ1) is 14.8. The zero-order chi connectivity index (χ0) is 22.3. The summed E-state index contributed by atoms with van der Waals surface area (Å²) in [7, 11) is 0. The van der Waals surface area contributed by atoms with Crippen LogP contribution in [-0.2, 0) is 22.5 Å². The molecule has 4 nitrogen and oxygen atoms in total. The summed E-state index contributed by atoms with van der Waals surface area (Å²) in [6, 6.07) is 18.4. The van der Waals surface area contributed by atoms with Gasteiger partial charge in [-0.2, -0.15) is 0 Å². The molecular weight excluding hydrogens is 386 g/mol. The van der Waals surface area contributed by atoms with Gasteiger partial charge in [-0.1, -0.05) is 54.3 Å². The van der Waals surface area contributed by atoms with Crippen LogP contribution in [0.3, 0.4) is 0 Å². The van der Waals surface area contributed by atoms with Crippen molar-refractivity contribution in [2.45, 2.75) is 52.2 Å². The van der Waals surface area contributed by atoms with Crippen molar-refractivity contribution in [2.24, 2.45) is 5.41 Å². The highest BCUT2D eigenvalue weighted by Crippen LogP contribution is 2.37. The van der Waals surface area contributed by atoms with E-state index in [4.69, 9.17) is 4.74 Å². The molecule has 2 aromatic rings. The van der Waals surface area contributed by atoms with Crippen molar-refractivity contribution in [1.82, 2.24) is 4.90 Å². The number of esters is 1. The molecule has 0 aromatic heterocycles. The number of piperidine rings is 1. The van der Waals surface area contributed by atoms with E-state index in [2.05, 4.69) is 41.0 Å². The van der Waals surface area contributed by atoms with E-state index in [1.807, 2.05) is 37.3 Å². The number of hydrogen-bond donors (Lipinski definition) is 1. The van der Waals surface area contributed by atoms with Gasteiger partial charge in [-0.25, -0.2) is 0 Å². The molecule has 0 spiro atoms. The van der Waals surface area contributed by atoms with Gasteiger partial charge in [-0.15, -0.1) is 0 Å². The number of hydrogen-bond acceptors (Lipinski definition) is 4. The van der Waals surface area contributed by atoms with Gasteiger partial charge in [0.05, 0.1) is 12.0 Å². The van der Waals surface area contributed by atoms with E-state index < -0.39 is 11.0 Å². The monoisotopic (exact) mass is 419 g/mol. The first kappa shape index (κ1) is 23.1. The summed E-state index contributed by atoms with van der Waals surface area (Å²) in [6.45, 7) is 8.24. The second kappa shape index (κ2) is 10.1. The number of carbonyl (C=O) groups is 1. The summed E-state index contributed by atoms with van der Waals surface area (Å²) >= 11 is 0. The highest BCUT2D eigenvalue weighted by Gasteiger charge is 2.42. The van der Waals surface area contributed by atoms with E-state index in [1.54, 1.807) is 13.8 Å². The molecule has 0 saturated carbocycles. The van der Waals surface area contributed by atoms with Crippen LogP contribution in [0, 0.1) is 17.3 Å². The van der Waals surface area contributed by atoms with Gasteiger partial charge in [-0.05, 0) is 76.4 Å². The molecule has 1 N–H and O–H groups in total. The van der Waals surface area contributed by atoms with Crippen LogP contribution in [0.4, 0.5) is 0 Å². The third-order valence-corrected chi connectivity index (χ3v) is 5.78. The van der Waals surface area contributed by atoms with Crippen molar-refractivity contribution >= 4 is 5.97 Å². The largest absolute Gasteiger partial charge is 0.466 e. The highest BCUT2D eigenvalue weighted by molar-refractivity contribution is 5.77. The lowest BCUT2D eigenvalue weighted by atomic mass is 9.73. The fourth-order valence-corrected chi connectivity index (χ4v) is 4.04. The number of rotatable bonds is 6. The van der Waals surface area contributed by atoms with E-state index in [1.165, 1.54) is 11.1 Å². The second-order valence-electron chi connectivity index (χ2n) is 8.95. The molecule has 0 radical (unpaired) electrons. The Labute approximate surface area is 186 Å². The van der Waals surface area contributed by atoms with Gasteiger partial charge in [0, 0.05) is 12.1 Å². The summed E-state index contributed by atoms with van der Waals surface area (Å²) in [6.07, 6.45) is 2.33. The first-order valence-corrected chi connectivity index (χ1v) is 11.1. The Morgan fingerprint density at radius 3 is 2.29 bits per heavy atom. The molecule has 0 atom stereocenters. The maximum atomic E-state index is 12.9. The van der Waals surface area contributed by atoms with Crippen LogP contribution in [0.15, 0.2) is 54.6 Å². The quantitative estimate of drug-likeness (QED) is 0.563. The van der Waals surface area contributed by atoms with Crippen LogP contribution in [-0.4, -0.2) is 41.3 Å². The van der Waals surface area contributed by atoms with Crippen molar-refractivity contribution in [3.63, 3.8) is 0 Å². The van der Waals surface area contributed by atoms with Crippen molar-refractivity contribution in [1.29, 1.82) is 0 Å². The maximum Gasteiger partial charge on any atom is 0.312 e. The topological polar surface area (TPSA) is 49.8 Å². The predicted molar refractivity (Wildman–Crippen MR) is 123 cm³/mol. The second-order valence-corrected chi connectivity index (χ2v) is 8.95. The zero-order valence-corrected chi connectivity index (χ0v) is 18.9. The molecule has 4 heteroatoms. The minimum absolute atomic E-state index is 0.0618. The maximum absolute atomic E-state index is 12.9. The lowest BCUT2D eigenvalue weighted by Crippen LogP contribution is -2.46. The fraction of sp³-hybridized carbons (Fsp3) is 0.444. The smallest absolute Gasteiger partial charge is 0.312 e. The van der Waals surface area contributed by atoms with E-state index in [0.717, 1.165) is 44.5 Å². The minimum Gasteiger partial charge on any atom is -0.466 e. The number of benzene rings is 2. The molecule has 0 bridgehead atoms. The van der Waals surface area contributed by atoms with Crippen LogP contribution in [0.25, 0.3) is 0 Å². The third kappa shape index (κ3) is 6.69. The number of likely N-dealkylation sites (tertiary alicyclic amines) is 1. The third-order valence-electron chi connectivity index (χ3n) is 5.78. The van der Waals surface area contributed by atoms with Crippen LogP contribution in [0.1, 0.15) is 50.3 Å². The lowest BCUT2D eigenvalue weighted by molar-refractivity contribution is -0.158. The standard InChI is InChI=1S/C27H33NO3/c1-4-31-25(29)27(20-23-8-6-5-7-9-23)16-18-28(19-17-27)21-24-12-10-22(11-13-24)14-15-26(2,3)30/h5-13,30H,4,16-21H2,1-3H3. The Bertz CT molecular complexity index is 909. The van der Waals surface area contributed by atoms with Gasteiger partial charge < -0.3 is 9.84 Å². The first-order valence-electron chi connectivity index (χ1n) is 11.1. The van der Waals surface area contributed by atoms with Crippen LogP contribution in [0.5, 0.6) is 0 Å². The number of ether oxygens (including phenoxy) is 1. The molecule has 0 amide bonds. The van der Waals surface area contributed by atoms with Crippen molar-refractivity contribution in [3.8, 4) is 11.8 Å². The summed E-state index contributed by atoms with van der Waals surface area (Å²) < 4.78 is 5.48. The minimum atomic E-state index is -0.988. The molecule has 1 aliphatic rings. The SMILES string of the molecule is CCOC(=O)C1(Cc2ccccc2)CCN(Cc2ccc(C#CC(C)(C)O)cc2)CC1. The van der Waals surface area contributed by atoms with E-state index in [-0.39, 0.29) is 5.97 Å². The van der Waals surface area contributed by atoms with Gasteiger partial charge in [-0.3, -0.25) is 9.69 Å². The summed E-state index contributed by atoms with van der Waals surface area (Å²) in [4.78, 5) is 15.3. The van der Waals surface area contributed by atoms with Crippen molar-refractivity contribution in [3.05, 3.63) is 71.3 Å². The summed E-state index contributed by atoms with van der Waals surface area (Å²) in [5.41, 5.74) is 1.88. The molecule has 0 unspecified atom stereocenters.